The Bertz CT molecular complexity index is 524. The number of benzene rings is 1. The normalized spacial score (nSPS) is 16.9. The van der Waals surface area contributed by atoms with Crippen molar-refractivity contribution in [1.29, 1.82) is 0 Å². The van der Waals surface area contributed by atoms with Crippen molar-refractivity contribution in [2.45, 2.75) is 32.7 Å². The summed E-state index contributed by atoms with van der Waals surface area (Å²) in [4.78, 5) is 27.0. The van der Waals surface area contributed by atoms with Gasteiger partial charge in [-0.05, 0) is 30.2 Å². The Balaban J connectivity index is 1.82. The number of piperidine rings is 1. The Morgan fingerprint density at radius 2 is 1.87 bits per heavy atom. The lowest BCUT2D eigenvalue weighted by atomic mass is 9.83. The van der Waals surface area contributed by atoms with Crippen LogP contribution in [0.2, 0.25) is 0 Å². The van der Waals surface area contributed by atoms with Crippen LogP contribution in [0.25, 0.3) is 0 Å². The van der Waals surface area contributed by atoms with Gasteiger partial charge in [-0.15, -0.1) is 0 Å². The molecule has 1 aliphatic rings. The van der Waals surface area contributed by atoms with Crippen LogP contribution in [0.15, 0.2) is 30.3 Å². The van der Waals surface area contributed by atoms with E-state index in [2.05, 4.69) is 0 Å². The number of hydrogen-bond donors (Lipinski definition) is 1. The molecule has 23 heavy (non-hydrogen) atoms. The minimum atomic E-state index is -0.737. The first-order chi connectivity index (χ1) is 11.0. The highest BCUT2D eigenvalue weighted by atomic mass is 16.4. The van der Waals surface area contributed by atoms with Crippen LogP contribution in [-0.2, 0) is 11.3 Å². The van der Waals surface area contributed by atoms with Crippen LogP contribution >= 0.6 is 0 Å². The van der Waals surface area contributed by atoms with Crippen LogP contribution in [0.5, 0.6) is 0 Å². The molecule has 0 saturated carbocycles. The van der Waals surface area contributed by atoms with Crippen LogP contribution < -0.4 is 0 Å². The summed E-state index contributed by atoms with van der Waals surface area (Å²) >= 11 is 0. The maximum Gasteiger partial charge on any atom is 0.320 e. The minimum absolute atomic E-state index is 0.0539. The Kier molecular flexibility index (Phi) is 6.02. The van der Waals surface area contributed by atoms with E-state index in [0.29, 0.717) is 25.6 Å². The van der Waals surface area contributed by atoms with Crippen LogP contribution in [-0.4, -0.2) is 47.0 Å². The van der Waals surface area contributed by atoms with Gasteiger partial charge in [-0.3, -0.25) is 4.79 Å². The highest BCUT2D eigenvalue weighted by Crippen LogP contribution is 2.27. The van der Waals surface area contributed by atoms with Crippen LogP contribution in [0.1, 0.15) is 31.7 Å². The van der Waals surface area contributed by atoms with Crippen LogP contribution in [0.4, 0.5) is 4.79 Å². The van der Waals surface area contributed by atoms with E-state index in [4.69, 9.17) is 5.11 Å². The largest absolute Gasteiger partial charge is 0.481 e. The molecule has 1 unspecified atom stereocenters. The van der Waals surface area contributed by atoms with Crippen molar-refractivity contribution in [2.24, 2.45) is 11.8 Å². The lowest BCUT2D eigenvalue weighted by Crippen LogP contribution is -2.45. The fourth-order valence-corrected chi connectivity index (χ4v) is 3.27. The summed E-state index contributed by atoms with van der Waals surface area (Å²) in [5, 5.41) is 8.90. The van der Waals surface area contributed by atoms with Crippen molar-refractivity contribution in [2.75, 3.05) is 20.1 Å². The number of likely N-dealkylation sites (tertiary alicyclic amines) is 1. The molecule has 126 valence electrons. The van der Waals surface area contributed by atoms with Gasteiger partial charge in [0.2, 0.25) is 0 Å². The highest BCUT2D eigenvalue weighted by molar-refractivity contribution is 5.74. The van der Waals surface area contributed by atoms with E-state index < -0.39 is 5.97 Å². The first kappa shape index (κ1) is 17.3. The molecule has 1 N–H and O–H groups in total. The van der Waals surface area contributed by atoms with Gasteiger partial charge in [-0.25, -0.2) is 4.79 Å². The van der Waals surface area contributed by atoms with Gasteiger partial charge in [-0.2, -0.15) is 0 Å². The number of rotatable bonds is 5. The third-order valence-electron chi connectivity index (χ3n) is 4.70. The molecule has 1 saturated heterocycles. The van der Waals surface area contributed by atoms with E-state index in [1.165, 1.54) is 0 Å². The summed E-state index contributed by atoms with van der Waals surface area (Å²) in [5.74, 6) is -0.167. The van der Waals surface area contributed by atoms with E-state index in [9.17, 15) is 9.59 Å². The maximum atomic E-state index is 12.5. The van der Waals surface area contributed by atoms with Gasteiger partial charge >= 0.3 is 12.0 Å². The highest BCUT2D eigenvalue weighted by Gasteiger charge is 2.28. The summed E-state index contributed by atoms with van der Waals surface area (Å²) in [5.41, 5.74) is 1.12. The lowest BCUT2D eigenvalue weighted by molar-refractivity contribution is -0.138. The maximum absolute atomic E-state index is 12.5. The number of carbonyl (C=O) groups excluding carboxylic acids is 1. The molecule has 2 rings (SSSR count). The fraction of sp³-hybridized carbons (Fsp3) is 0.556. The molecule has 0 aromatic heterocycles. The van der Waals surface area contributed by atoms with Gasteiger partial charge in [0, 0.05) is 33.1 Å². The molecule has 1 aliphatic heterocycles. The van der Waals surface area contributed by atoms with Crippen LogP contribution in [0.3, 0.4) is 0 Å². The fourth-order valence-electron chi connectivity index (χ4n) is 3.27. The SMILES string of the molecule is CC(CC(=O)O)C1CCN(C(=O)N(C)Cc2ccccc2)CC1. The minimum Gasteiger partial charge on any atom is -0.481 e. The van der Waals surface area contributed by atoms with Crippen molar-refractivity contribution in [1.82, 2.24) is 9.80 Å². The van der Waals surface area contributed by atoms with Gasteiger partial charge < -0.3 is 14.9 Å². The summed E-state index contributed by atoms with van der Waals surface area (Å²) in [6.45, 7) is 4.03. The molecule has 0 radical (unpaired) electrons. The molecule has 5 nitrogen and oxygen atoms in total. The van der Waals surface area contributed by atoms with Gasteiger partial charge in [-0.1, -0.05) is 37.3 Å². The number of carbonyl (C=O) groups is 2. The van der Waals surface area contributed by atoms with Gasteiger partial charge in [0.1, 0.15) is 0 Å². The van der Waals surface area contributed by atoms with Crippen molar-refractivity contribution in [3.05, 3.63) is 35.9 Å². The second-order valence-electron chi connectivity index (χ2n) is 6.52. The Morgan fingerprint density at radius 3 is 2.43 bits per heavy atom. The van der Waals surface area contributed by atoms with E-state index in [1.54, 1.807) is 4.90 Å². The molecule has 0 aliphatic carbocycles. The lowest BCUT2D eigenvalue weighted by Gasteiger charge is -2.36. The molecule has 1 atom stereocenters. The number of urea groups is 1. The molecular formula is C18H26N2O3. The number of amides is 2. The number of hydrogen-bond acceptors (Lipinski definition) is 2. The van der Waals surface area contributed by atoms with Crippen LogP contribution in [0, 0.1) is 11.8 Å². The third-order valence-corrected chi connectivity index (χ3v) is 4.70. The summed E-state index contributed by atoms with van der Waals surface area (Å²) in [6.07, 6.45) is 1.99. The molecular weight excluding hydrogens is 292 g/mol. The second kappa shape index (κ2) is 7.99. The second-order valence-corrected chi connectivity index (χ2v) is 6.52. The monoisotopic (exact) mass is 318 g/mol. The standard InChI is InChI=1S/C18H26N2O3/c1-14(12-17(21)22)16-8-10-20(11-9-16)18(23)19(2)13-15-6-4-3-5-7-15/h3-7,14,16H,8-13H2,1-2H3,(H,21,22). The molecule has 2 amide bonds. The summed E-state index contributed by atoms with van der Waals surface area (Å²) in [7, 11) is 1.83. The zero-order valence-electron chi connectivity index (χ0n) is 13.9. The van der Waals surface area contributed by atoms with Gasteiger partial charge in [0.25, 0.3) is 0 Å². The van der Waals surface area contributed by atoms with Crippen molar-refractivity contribution < 1.29 is 14.7 Å². The molecule has 1 aromatic carbocycles. The molecule has 1 fully saturated rings. The third kappa shape index (κ3) is 4.98. The average molecular weight is 318 g/mol. The predicted octanol–water partition coefficient (Wildman–Crippen LogP) is 3.06. The smallest absolute Gasteiger partial charge is 0.320 e. The average Bonchev–Trinajstić information content (AvgIpc) is 2.54. The quantitative estimate of drug-likeness (QED) is 0.907. The zero-order chi connectivity index (χ0) is 16.8. The van der Waals surface area contributed by atoms with E-state index in [0.717, 1.165) is 18.4 Å². The van der Waals surface area contributed by atoms with E-state index in [1.807, 2.05) is 49.2 Å². The predicted molar refractivity (Wildman–Crippen MR) is 89.0 cm³/mol. The molecule has 1 heterocycles. The zero-order valence-corrected chi connectivity index (χ0v) is 13.9. The molecule has 5 heteroatoms. The molecule has 0 spiro atoms. The topological polar surface area (TPSA) is 60.9 Å². The molecule has 0 bridgehead atoms. The van der Waals surface area contributed by atoms with Gasteiger partial charge in [0.15, 0.2) is 0 Å². The first-order valence-corrected chi connectivity index (χ1v) is 8.23. The summed E-state index contributed by atoms with van der Waals surface area (Å²) < 4.78 is 0. The van der Waals surface area contributed by atoms with Crippen molar-refractivity contribution in [3.63, 3.8) is 0 Å². The number of carboxylic acids is 1. The Hall–Kier alpha value is -2.04. The summed E-state index contributed by atoms with van der Waals surface area (Å²) in [6, 6.07) is 10.0. The number of aliphatic carboxylic acids is 1. The van der Waals surface area contributed by atoms with E-state index >= 15 is 0 Å². The first-order valence-electron chi connectivity index (χ1n) is 8.23. The number of nitrogens with zero attached hydrogens (tertiary/aromatic N) is 2. The number of carboxylic acid groups (broad SMARTS) is 1. The van der Waals surface area contributed by atoms with Gasteiger partial charge in [0.05, 0.1) is 0 Å². The van der Waals surface area contributed by atoms with Crippen molar-refractivity contribution >= 4 is 12.0 Å². The van der Waals surface area contributed by atoms with E-state index in [-0.39, 0.29) is 18.4 Å². The molecule has 1 aromatic rings. The Morgan fingerprint density at radius 1 is 1.26 bits per heavy atom. The van der Waals surface area contributed by atoms with Crippen molar-refractivity contribution in [3.8, 4) is 0 Å². The Labute approximate surface area is 137 Å².